The lowest BCUT2D eigenvalue weighted by Gasteiger charge is -2.33. The van der Waals surface area contributed by atoms with E-state index in [9.17, 15) is 14.7 Å². The standard InChI is InChI=1S/C16H29NO4/c1-12(2)7-10-21-13(3)14(18)17-11-16(15(19)20)8-5-4-6-9-16/h12-13H,4-11H2,1-3H3,(H,17,18)(H,19,20). The third kappa shape index (κ3) is 5.65. The number of carbonyl (C=O) groups excluding carboxylic acids is 1. The van der Waals surface area contributed by atoms with Crippen LogP contribution in [0.1, 0.15) is 59.3 Å². The maximum atomic E-state index is 12.0. The van der Waals surface area contributed by atoms with E-state index < -0.39 is 17.5 Å². The predicted molar refractivity (Wildman–Crippen MR) is 81.0 cm³/mol. The summed E-state index contributed by atoms with van der Waals surface area (Å²) in [6, 6.07) is 0. The Bertz CT molecular complexity index is 348. The zero-order valence-electron chi connectivity index (χ0n) is 13.5. The van der Waals surface area contributed by atoms with E-state index in [2.05, 4.69) is 19.2 Å². The normalized spacial score (nSPS) is 19.2. The summed E-state index contributed by atoms with van der Waals surface area (Å²) in [4.78, 5) is 23.5. The third-order valence-electron chi connectivity index (χ3n) is 4.30. The van der Waals surface area contributed by atoms with Gasteiger partial charge in [0.15, 0.2) is 0 Å². The monoisotopic (exact) mass is 299 g/mol. The minimum Gasteiger partial charge on any atom is -0.481 e. The van der Waals surface area contributed by atoms with Crippen molar-refractivity contribution in [2.24, 2.45) is 11.3 Å². The molecular formula is C16H29NO4. The number of ether oxygens (including phenoxy) is 1. The molecule has 1 rings (SSSR count). The minimum atomic E-state index is -0.795. The maximum absolute atomic E-state index is 12.0. The number of nitrogens with one attached hydrogen (secondary N) is 1. The molecule has 0 aromatic heterocycles. The van der Waals surface area contributed by atoms with Crippen LogP contribution < -0.4 is 5.32 Å². The van der Waals surface area contributed by atoms with Crippen LogP contribution in [0.25, 0.3) is 0 Å². The molecule has 1 atom stereocenters. The first-order valence-electron chi connectivity index (χ1n) is 8.00. The molecule has 5 heteroatoms. The Morgan fingerprint density at radius 2 is 1.81 bits per heavy atom. The molecule has 21 heavy (non-hydrogen) atoms. The van der Waals surface area contributed by atoms with Crippen molar-refractivity contribution in [2.75, 3.05) is 13.2 Å². The molecule has 0 spiro atoms. The number of carboxylic acid groups (broad SMARTS) is 1. The molecule has 1 amide bonds. The number of carboxylic acids is 1. The highest BCUT2D eigenvalue weighted by molar-refractivity contribution is 5.82. The van der Waals surface area contributed by atoms with Crippen LogP contribution in [0, 0.1) is 11.3 Å². The van der Waals surface area contributed by atoms with E-state index in [0.29, 0.717) is 25.4 Å². The van der Waals surface area contributed by atoms with Crippen LogP contribution in [-0.2, 0) is 14.3 Å². The van der Waals surface area contributed by atoms with Crippen LogP contribution in [0.5, 0.6) is 0 Å². The Hall–Kier alpha value is -1.10. The SMILES string of the molecule is CC(C)CCOC(C)C(=O)NCC1(C(=O)O)CCCCC1. The number of amides is 1. The second-order valence-electron chi connectivity index (χ2n) is 6.56. The first-order chi connectivity index (χ1) is 9.87. The third-order valence-corrected chi connectivity index (χ3v) is 4.30. The van der Waals surface area contributed by atoms with E-state index in [-0.39, 0.29) is 12.5 Å². The molecule has 5 nitrogen and oxygen atoms in total. The lowest BCUT2D eigenvalue weighted by molar-refractivity contribution is -0.151. The summed E-state index contributed by atoms with van der Waals surface area (Å²) in [5.74, 6) is -0.474. The van der Waals surface area contributed by atoms with Gasteiger partial charge in [-0.25, -0.2) is 0 Å². The van der Waals surface area contributed by atoms with Crippen molar-refractivity contribution in [3.63, 3.8) is 0 Å². The molecule has 0 aromatic rings. The van der Waals surface area contributed by atoms with E-state index in [4.69, 9.17) is 4.74 Å². The zero-order valence-corrected chi connectivity index (χ0v) is 13.5. The van der Waals surface area contributed by atoms with E-state index in [1.807, 2.05) is 0 Å². The van der Waals surface area contributed by atoms with Crippen molar-refractivity contribution in [3.8, 4) is 0 Å². The van der Waals surface area contributed by atoms with Crippen molar-refractivity contribution in [1.82, 2.24) is 5.32 Å². The molecule has 0 saturated heterocycles. The van der Waals surface area contributed by atoms with E-state index in [1.165, 1.54) is 0 Å². The highest BCUT2D eigenvalue weighted by Gasteiger charge is 2.40. The van der Waals surface area contributed by atoms with Gasteiger partial charge in [-0.2, -0.15) is 0 Å². The van der Waals surface area contributed by atoms with Gasteiger partial charge in [-0.1, -0.05) is 33.1 Å². The van der Waals surface area contributed by atoms with Gasteiger partial charge in [0, 0.05) is 13.2 Å². The average Bonchev–Trinajstić information content (AvgIpc) is 2.45. The van der Waals surface area contributed by atoms with Crippen molar-refractivity contribution >= 4 is 11.9 Å². The largest absolute Gasteiger partial charge is 0.481 e. The first-order valence-corrected chi connectivity index (χ1v) is 8.00. The van der Waals surface area contributed by atoms with Crippen molar-refractivity contribution in [1.29, 1.82) is 0 Å². The van der Waals surface area contributed by atoms with Crippen LogP contribution in [0.15, 0.2) is 0 Å². The molecular weight excluding hydrogens is 270 g/mol. The fraction of sp³-hybridized carbons (Fsp3) is 0.875. The maximum Gasteiger partial charge on any atom is 0.311 e. The van der Waals surface area contributed by atoms with Crippen LogP contribution >= 0.6 is 0 Å². The van der Waals surface area contributed by atoms with Gasteiger partial charge in [0.1, 0.15) is 6.10 Å². The van der Waals surface area contributed by atoms with Crippen LogP contribution in [0.3, 0.4) is 0 Å². The number of aliphatic carboxylic acids is 1. The smallest absolute Gasteiger partial charge is 0.311 e. The molecule has 1 aliphatic rings. The number of hydrogen-bond donors (Lipinski definition) is 2. The van der Waals surface area contributed by atoms with Crippen molar-refractivity contribution in [2.45, 2.75) is 65.4 Å². The Morgan fingerprint density at radius 3 is 2.33 bits per heavy atom. The Kier molecular flexibility index (Phi) is 7.15. The van der Waals surface area contributed by atoms with Gasteiger partial charge in [-0.15, -0.1) is 0 Å². The predicted octanol–water partition coefficient (Wildman–Crippen LogP) is 2.59. The number of hydrogen-bond acceptors (Lipinski definition) is 3. The molecule has 2 N–H and O–H groups in total. The zero-order chi connectivity index (χ0) is 15.9. The van der Waals surface area contributed by atoms with E-state index in [1.54, 1.807) is 6.92 Å². The molecule has 0 aliphatic heterocycles. The topological polar surface area (TPSA) is 75.6 Å². The molecule has 1 unspecified atom stereocenters. The fourth-order valence-electron chi connectivity index (χ4n) is 2.65. The lowest BCUT2D eigenvalue weighted by Crippen LogP contribution is -2.46. The second kappa shape index (κ2) is 8.37. The molecule has 0 radical (unpaired) electrons. The number of carbonyl (C=O) groups is 2. The van der Waals surface area contributed by atoms with Crippen LogP contribution in [0.4, 0.5) is 0 Å². The summed E-state index contributed by atoms with van der Waals surface area (Å²) >= 11 is 0. The summed E-state index contributed by atoms with van der Waals surface area (Å²) in [5.41, 5.74) is -0.786. The first kappa shape index (κ1) is 18.0. The van der Waals surface area contributed by atoms with Crippen LogP contribution in [0.2, 0.25) is 0 Å². The Balaban J connectivity index is 2.40. The molecule has 0 heterocycles. The number of rotatable bonds is 8. The summed E-state index contributed by atoms with van der Waals surface area (Å²) in [6.07, 6.45) is 4.59. The van der Waals surface area contributed by atoms with Gasteiger partial charge in [-0.05, 0) is 32.1 Å². The van der Waals surface area contributed by atoms with Crippen LogP contribution in [-0.4, -0.2) is 36.2 Å². The lowest BCUT2D eigenvalue weighted by atomic mass is 9.74. The average molecular weight is 299 g/mol. The van der Waals surface area contributed by atoms with Gasteiger partial charge in [0.25, 0.3) is 0 Å². The van der Waals surface area contributed by atoms with Crippen molar-refractivity contribution in [3.05, 3.63) is 0 Å². The summed E-state index contributed by atoms with van der Waals surface area (Å²) < 4.78 is 5.49. The molecule has 0 aromatic carbocycles. The minimum absolute atomic E-state index is 0.207. The molecule has 0 bridgehead atoms. The highest BCUT2D eigenvalue weighted by atomic mass is 16.5. The van der Waals surface area contributed by atoms with Gasteiger partial charge in [-0.3, -0.25) is 9.59 Å². The Morgan fingerprint density at radius 1 is 1.19 bits per heavy atom. The Labute approximate surface area is 127 Å². The molecule has 1 aliphatic carbocycles. The van der Waals surface area contributed by atoms with Crippen molar-refractivity contribution < 1.29 is 19.4 Å². The summed E-state index contributed by atoms with van der Waals surface area (Å²) in [6.45, 7) is 6.68. The van der Waals surface area contributed by atoms with E-state index in [0.717, 1.165) is 25.7 Å². The van der Waals surface area contributed by atoms with Gasteiger partial charge >= 0.3 is 5.97 Å². The van der Waals surface area contributed by atoms with Gasteiger partial charge < -0.3 is 15.2 Å². The molecule has 122 valence electrons. The second-order valence-corrected chi connectivity index (χ2v) is 6.56. The summed E-state index contributed by atoms with van der Waals surface area (Å²) in [5, 5.41) is 12.2. The highest BCUT2D eigenvalue weighted by Crippen LogP contribution is 2.36. The van der Waals surface area contributed by atoms with Gasteiger partial charge in [0.2, 0.25) is 5.91 Å². The summed E-state index contributed by atoms with van der Waals surface area (Å²) in [7, 11) is 0. The van der Waals surface area contributed by atoms with E-state index >= 15 is 0 Å². The molecule has 1 saturated carbocycles. The van der Waals surface area contributed by atoms with Gasteiger partial charge in [0.05, 0.1) is 5.41 Å². The fourth-order valence-corrected chi connectivity index (χ4v) is 2.65. The molecule has 1 fully saturated rings. The quantitative estimate of drug-likeness (QED) is 0.722.